The zero-order valence-electron chi connectivity index (χ0n) is 10.6. The Hall–Kier alpha value is -3.40. The molecule has 0 atom stereocenters. The van der Waals surface area contributed by atoms with E-state index in [-0.39, 0.29) is 5.56 Å². The molecule has 104 valence electrons. The number of aromatic hydroxyl groups is 1. The van der Waals surface area contributed by atoms with E-state index in [0.29, 0.717) is 11.3 Å². The molecule has 0 bridgehead atoms. The Morgan fingerprint density at radius 1 is 1.29 bits per heavy atom. The van der Waals surface area contributed by atoms with E-state index in [1.807, 2.05) is 6.07 Å². The molecule has 0 fully saturated rings. The fourth-order valence-electron chi connectivity index (χ4n) is 1.73. The van der Waals surface area contributed by atoms with Gasteiger partial charge in [-0.1, -0.05) is 12.1 Å². The number of nitrogens with zero attached hydrogens (tertiary/aromatic N) is 2. The number of phenolic OH excluding ortho intramolecular Hbond substituents is 1. The van der Waals surface area contributed by atoms with Crippen LogP contribution in [0.2, 0.25) is 0 Å². The molecule has 0 aromatic heterocycles. The lowest BCUT2D eigenvalue weighted by atomic mass is 10.1. The number of phenols is 1. The molecule has 0 saturated heterocycles. The van der Waals surface area contributed by atoms with E-state index in [4.69, 9.17) is 5.26 Å². The molecule has 0 radical (unpaired) electrons. The Morgan fingerprint density at radius 2 is 2.00 bits per heavy atom. The number of nitro groups is 1. The minimum absolute atomic E-state index is 0.216. The Morgan fingerprint density at radius 3 is 2.67 bits per heavy atom. The van der Waals surface area contributed by atoms with Gasteiger partial charge in [0, 0.05) is 11.8 Å². The quantitative estimate of drug-likeness (QED) is 0.662. The molecule has 0 aliphatic rings. The van der Waals surface area contributed by atoms with Crippen molar-refractivity contribution in [3.8, 4) is 11.8 Å². The Kier molecular flexibility index (Phi) is 3.81. The molecule has 2 aromatic carbocycles. The van der Waals surface area contributed by atoms with E-state index in [9.17, 15) is 20.0 Å². The van der Waals surface area contributed by atoms with Crippen molar-refractivity contribution in [1.82, 2.24) is 0 Å². The molecule has 7 heteroatoms. The first-order valence-electron chi connectivity index (χ1n) is 5.81. The van der Waals surface area contributed by atoms with Crippen LogP contribution in [-0.4, -0.2) is 15.9 Å². The van der Waals surface area contributed by atoms with Gasteiger partial charge >= 0.3 is 5.69 Å². The number of carbonyl (C=O) groups is 1. The number of carbonyl (C=O) groups excluding carboxylic acids is 1. The monoisotopic (exact) mass is 283 g/mol. The maximum atomic E-state index is 12.0. The van der Waals surface area contributed by atoms with Crippen LogP contribution in [0.3, 0.4) is 0 Å². The van der Waals surface area contributed by atoms with Crippen LogP contribution in [0.15, 0.2) is 42.5 Å². The number of nitriles is 1. The molecule has 2 N–H and O–H groups in total. The van der Waals surface area contributed by atoms with Crippen LogP contribution in [0.1, 0.15) is 15.9 Å². The van der Waals surface area contributed by atoms with E-state index in [2.05, 4.69) is 5.32 Å². The van der Waals surface area contributed by atoms with Crippen molar-refractivity contribution in [2.75, 3.05) is 5.32 Å². The van der Waals surface area contributed by atoms with Crippen LogP contribution in [0.4, 0.5) is 11.4 Å². The van der Waals surface area contributed by atoms with Crippen LogP contribution < -0.4 is 5.32 Å². The van der Waals surface area contributed by atoms with E-state index in [1.165, 1.54) is 18.2 Å². The molecule has 7 nitrogen and oxygen atoms in total. The summed E-state index contributed by atoms with van der Waals surface area (Å²) in [5, 5.41) is 31.7. The topological polar surface area (TPSA) is 116 Å². The molecule has 21 heavy (non-hydrogen) atoms. The van der Waals surface area contributed by atoms with Gasteiger partial charge in [-0.05, 0) is 24.3 Å². The number of nitrogens with one attached hydrogen (secondary N) is 1. The fraction of sp³-hybridized carbons (Fsp3) is 0. The van der Waals surface area contributed by atoms with Crippen molar-refractivity contribution in [3.05, 3.63) is 63.7 Å². The molecule has 0 aliphatic heterocycles. The van der Waals surface area contributed by atoms with E-state index in [0.717, 1.165) is 6.07 Å². The number of benzene rings is 2. The first-order chi connectivity index (χ1) is 10.0. The van der Waals surface area contributed by atoms with Crippen LogP contribution in [0.25, 0.3) is 0 Å². The van der Waals surface area contributed by atoms with Gasteiger partial charge < -0.3 is 10.4 Å². The van der Waals surface area contributed by atoms with Crippen molar-refractivity contribution in [2.24, 2.45) is 0 Å². The number of para-hydroxylation sites is 1. The predicted molar refractivity (Wildman–Crippen MR) is 73.9 cm³/mol. The second kappa shape index (κ2) is 5.71. The second-order valence-corrected chi connectivity index (χ2v) is 4.08. The minimum atomic E-state index is -0.775. The maximum Gasteiger partial charge on any atom is 0.311 e. The number of hydrogen-bond acceptors (Lipinski definition) is 5. The SMILES string of the molecule is N#Cc1cccc(NC(=O)c2cccc([N+](=O)[O-])c2O)c1. The van der Waals surface area contributed by atoms with Crippen molar-refractivity contribution in [1.29, 1.82) is 5.26 Å². The Labute approximate surface area is 119 Å². The van der Waals surface area contributed by atoms with Gasteiger partial charge in [-0.25, -0.2) is 0 Å². The third kappa shape index (κ3) is 2.96. The van der Waals surface area contributed by atoms with Gasteiger partial charge in [0.05, 0.1) is 22.1 Å². The summed E-state index contributed by atoms with van der Waals surface area (Å²) in [5.41, 5.74) is -0.0546. The highest BCUT2D eigenvalue weighted by molar-refractivity contribution is 6.06. The fourth-order valence-corrected chi connectivity index (χ4v) is 1.73. The van der Waals surface area contributed by atoms with Crippen molar-refractivity contribution in [3.63, 3.8) is 0 Å². The molecular formula is C14H9N3O4. The number of hydrogen-bond donors (Lipinski definition) is 2. The summed E-state index contributed by atoms with van der Waals surface area (Å²) in [6.07, 6.45) is 0. The number of anilines is 1. The molecule has 0 heterocycles. The predicted octanol–water partition coefficient (Wildman–Crippen LogP) is 2.42. The lowest BCUT2D eigenvalue weighted by molar-refractivity contribution is -0.385. The van der Waals surface area contributed by atoms with Crippen molar-refractivity contribution >= 4 is 17.3 Å². The Balaban J connectivity index is 2.31. The molecule has 0 unspecified atom stereocenters. The summed E-state index contributed by atoms with van der Waals surface area (Å²) in [4.78, 5) is 22.0. The maximum absolute atomic E-state index is 12.0. The van der Waals surface area contributed by atoms with E-state index in [1.54, 1.807) is 18.2 Å². The van der Waals surface area contributed by atoms with Crippen LogP contribution >= 0.6 is 0 Å². The summed E-state index contributed by atoms with van der Waals surface area (Å²) in [7, 11) is 0. The zero-order valence-corrected chi connectivity index (χ0v) is 10.6. The number of amides is 1. The van der Waals surface area contributed by atoms with Gasteiger partial charge in [0.25, 0.3) is 5.91 Å². The van der Waals surface area contributed by atoms with E-state index >= 15 is 0 Å². The Bertz CT molecular complexity index is 765. The smallest absolute Gasteiger partial charge is 0.311 e. The van der Waals surface area contributed by atoms with Gasteiger partial charge in [0.15, 0.2) is 0 Å². The van der Waals surface area contributed by atoms with Crippen molar-refractivity contribution in [2.45, 2.75) is 0 Å². The highest BCUT2D eigenvalue weighted by Crippen LogP contribution is 2.29. The minimum Gasteiger partial charge on any atom is -0.502 e. The average Bonchev–Trinajstić information content (AvgIpc) is 2.47. The molecule has 0 saturated carbocycles. The lowest BCUT2D eigenvalue weighted by Crippen LogP contribution is -2.12. The highest BCUT2D eigenvalue weighted by atomic mass is 16.6. The normalized spacial score (nSPS) is 9.67. The first kappa shape index (κ1) is 14.0. The van der Waals surface area contributed by atoms with Gasteiger partial charge in [0.2, 0.25) is 5.75 Å². The lowest BCUT2D eigenvalue weighted by Gasteiger charge is -2.07. The molecule has 0 spiro atoms. The van der Waals surface area contributed by atoms with Gasteiger partial charge in [-0.2, -0.15) is 5.26 Å². The molecular weight excluding hydrogens is 274 g/mol. The summed E-state index contributed by atoms with van der Waals surface area (Å²) in [5.74, 6) is -1.40. The third-order valence-electron chi connectivity index (χ3n) is 2.71. The number of rotatable bonds is 3. The standard InChI is InChI=1S/C14H9N3O4/c15-8-9-3-1-4-10(7-9)16-14(19)11-5-2-6-12(13(11)18)17(20)21/h1-7,18H,(H,16,19). The summed E-state index contributed by atoms with van der Waals surface area (Å²) < 4.78 is 0. The van der Waals surface area contributed by atoms with Gasteiger partial charge in [-0.3, -0.25) is 14.9 Å². The van der Waals surface area contributed by atoms with E-state index < -0.39 is 22.3 Å². The summed E-state index contributed by atoms with van der Waals surface area (Å²) in [6.45, 7) is 0. The molecule has 0 aliphatic carbocycles. The van der Waals surface area contributed by atoms with Crippen LogP contribution in [0.5, 0.6) is 5.75 Å². The first-order valence-corrected chi connectivity index (χ1v) is 5.81. The molecule has 1 amide bonds. The third-order valence-corrected chi connectivity index (χ3v) is 2.71. The van der Waals surface area contributed by atoms with Crippen molar-refractivity contribution < 1.29 is 14.8 Å². The summed E-state index contributed by atoms with van der Waals surface area (Å²) in [6, 6.07) is 11.8. The number of nitro benzene ring substituents is 1. The van der Waals surface area contributed by atoms with Crippen LogP contribution in [-0.2, 0) is 0 Å². The zero-order chi connectivity index (χ0) is 15.4. The molecule has 2 rings (SSSR count). The largest absolute Gasteiger partial charge is 0.502 e. The highest BCUT2D eigenvalue weighted by Gasteiger charge is 2.20. The second-order valence-electron chi connectivity index (χ2n) is 4.08. The van der Waals surface area contributed by atoms with Gasteiger partial charge in [-0.15, -0.1) is 0 Å². The average molecular weight is 283 g/mol. The molecule has 2 aromatic rings. The summed E-state index contributed by atoms with van der Waals surface area (Å²) >= 11 is 0. The van der Waals surface area contributed by atoms with Gasteiger partial charge in [0.1, 0.15) is 0 Å². The van der Waals surface area contributed by atoms with Crippen LogP contribution in [0, 0.1) is 21.4 Å².